The van der Waals surface area contributed by atoms with Crippen molar-refractivity contribution in [1.29, 1.82) is 0 Å². The van der Waals surface area contributed by atoms with Crippen molar-refractivity contribution in [2.24, 2.45) is 0 Å². The lowest BCUT2D eigenvalue weighted by Crippen LogP contribution is -2.40. The van der Waals surface area contributed by atoms with Gasteiger partial charge in [-0.15, -0.1) is 0 Å². The molecular weight excluding hydrogens is 522 g/mol. The van der Waals surface area contributed by atoms with Crippen LogP contribution in [-0.4, -0.2) is 81.6 Å². The van der Waals surface area contributed by atoms with E-state index in [4.69, 9.17) is 20.3 Å². The van der Waals surface area contributed by atoms with Crippen LogP contribution in [0, 0.1) is 0 Å². The van der Waals surface area contributed by atoms with Crippen molar-refractivity contribution in [1.82, 2.24) is 29.8 Å². The van der Waals surface area contributed by atoms with E-state index in [1.54, 1.807) is 10.8 Å². The minimum Gasteiger partial charge on any atom is -0.457 e. The highest BCUT2D eigenvalue weighted by Crippen LogP contribution is 2.34. The van der Waals surface area contributed by atoms with Crippen LogP contribution in [0.3, 0.4) is 0 Å². The first kappa shape index (κ1) is 26.7. The van der Waals surface area contributed by atoms with E-state index in [1.807, 2.05) is 65.6 Å². The summed E-state index contributed by atoms with van der Waals surface area (Å²) in [4.78, 5) is 30.2. The van der Waals surface area contributed by atoms with Gasteiger partial charge in [-0.25, -0.2) is 5.10 Å². The molecule has 0 aliphatic carbocycles. The number of anilines is 1. The highest BCUT2D eigenvalue weighted by molar-refractivity contribution is 5.99. The second kappa shape index (κ2) is 11.9. The molecule has 0 saturated carbocycles. The summed E-state index contributed by atoms with van der Waals surface area (Å²) in [6.07, 6.45) is 5.15. The number of nitrogens with two attached hydrogens (primary N) is 1. The molecule has 4 aromatic rings. The van der Waals surface area contributed by atoms with Crippen molar-refractivity contribution >= 4 is 22.6 Å². The number of aromatic nitrogens is 4. The first-order valence-electron chi connectivity index (χ1n) is 13.9. The van der Waals surface area contributed by atoms with Gasteiger partial charge in [-0.3, -0.25) is 19.2 Å². The molecular formula is C30H33N7O4. The molecule has 3 N–H and O–H groups in total. The summed E-state index contributed by atoms with van der Waals surface area (Å²) in [5, 5.41) is 11.9. The summed E-state index contributed by atoms with van der Waals surface area (Å²) in [6.45, 7) is 5.01. The first-order chi connectivity index (χ1) is 20.1. The summed E-state index contributed by atoms with van der Waals surface area (Å²) in [5.41, 5.74) is 7.62. The van der Waals surface area contributed by atoms with E-state index in [2.05, 4.69) is 15.1 Å². The molecule has 0 spiro atoms. The average Bonchev–Trinajstić information content (AvgIpc) is 3.43. The molecule has 1 unspecified atom stereocenters. The van der Waals surface area contributed by atoms with Crippen LogP contribution in [0.5, 0.6) is 11.5 Å². The zero-order chi connectivity index (χ0) is 28.2. The molecule has 41 heavy (non-hydrogen) atoms. The number of carbonyl (C=O) groups is 1. The van der Waals surface area contributed by atoms with Gasteiger partial charge in [-0.05, 0) is 49.2 Å². The number of likely N-dealkylation sites (tertiary alicyclic amines) is 1. The quantitative estimate of drug-likeness (QED) is 0.333. The number of H-pyrrole nitrogens is 1. The van der Waals surface area contributed by atoms with Crippen LogP contribution in [0.1, 0.15) is 18.9 Å². The van der Waals surface area contributed by atoms with Crippen LogP contribution in [0.2, 0.25) is 0 Å². The summed E-state index contributed by atoms with van der Waals surface area (Å²) < 4.78 is 13.0. The monoisotopic (exact) mass is 555 g/mol. The lowest BCUT2D eigenvalue weighted by molar-refractivity contribution is -0.127. The SMILES string of the molecule is Nc1n[nH]c(=O)c2c1c(-c1ccc(Oc3ccccc3)cc1)nn2C1CCCN(C(=O)/C=C/CN2CCOCC2)C1. The number of hydrogen-bond acceptors (Lipinski definition) is 8. The zero-order valence-corrected chi connectivity index (χ0v) is 22.7. The number of para-hydroxylation sites is 1. The van der Waals surface area contributed by atoms with Crippen molar-refractivity contribution in [3.63, 3.8) is 0 Å². The standard InChI is InChI=1S/C30H33N7O4/c31-29-26-27(21-10-12-24(13-11-21)41-23-7-2-1-3-8-23)34-37(28(26)30(39)33-32-29)22-6-4-15-36(20-22)25(38)9-5-14-35-16-18-40-19-17-35/h1-3,5,7-13,22H,4,6,14-20H2,(H2,31,32)(H,33,39)/b9-5+. The first-order valence-corrected chi connectivity index (χ1v) is 13.9. The van der Waals surface area contributed by atoms with Gasteiger partial charge in [0, 0.05) is 44.4 Å². The Hall–Kier alpha value is -4.48. The molecule has 2 aromatic carbocycles. The molecule has 6 rings (SSSR count). The van der Waals surface area contributed by atoms with Gasteiger partial charge in [0.25, 0.3) is 5.56 Å². The summed E-state index contributed by atoms with van der Waals surface area (Å²) in [7, 11) is 0. The van der Waals surface area contributed by atoms with Gasteiger partial charge in [-0.2, -0.15) is 10.2 Å². The number of nitrogen functional groups attached to an aromatic ring is 1. The smallest absolute Gasteiger partial charge is 0.290 e. The molecule has 1 atom stereocenters. The van der Waals surface area contributed by atoms with Crippen LogP contribution in [0.25, 0.3) is 22.2 Å². The number of nitrogens with zero attached hydrogens (tertiary/aromatic N) is 5. The number of morpholine rings is 1. The molecule has 11 heteroatoms. The predicted molar refractivity (Wildman–Crippen MR) is 156 cm³/mol. The number of aromatic amines is 1. The molecule has 11 nitrogen and oxygen atoms in total. The third kappa shape index (κ3) is 5.86. The van der Waals surface area contributed by atoms with Crippen molar-refractivity contribution in [3.8, 4) is 22.8 Å². The van der Waals surface area contributed by atoms with Gasteiger partial charge in [0.15, 0.2) is 5.82 Å². The van der Waals surface area contributed by atoms with E-state index in [0.717, 1.165) is 57.0 Å². The van der Waals surface area contributed by atoms with Gasteiger partial charge >= 0.3 is 0 Å². The number of piperidine rings is 1. The molecule has 212 valence electrons. The number of hydrogen-bond donors (Lipinski definition) is 2. The molecule has 4 heterocycles. The van der Waals surface area contributed by atoms with Crippen LogP contribution in [0.4, 0.5) is 5.82 Å². The fraction of sp³-hybridized carbons (Fsp3) is 0.333. The third-order valence-corrected chi connectivity index (χ3v) is 7.55. The van der Waals surface area contributed by atoms with Gasteiger partial charge < -0.3 is 20.1 Å². The van der Waals surface area contributed by atoms with E-state index < -0.39 is 0 Å². The van der Waals surface area contributed by atoms with Crippen LogP contribution >= 0.6 is 0 Å². The Labute approximate surface area is 237 Å². The summed E-state index contributed by atoms with van der Waals surface area (Å²) in [6, 6.07) is 16.8. The van der Waals surface area contributed by atoms with Crippen molar-refractivity contribution < 1.29 is 14.3 Å². The summed E-state index contributed by atoms with van der Waals surface area (Å²) in [5.74, 6) is 1.57. The maximum Gasteiger partial charge on any atom is 0.290 e. The number of ether oxygens (including phenoxy) is 2. The molecule has 1 amide bonds. The number of amides is 1. The molecule has 2 aromatic heterocycles. The van der Waals surface area contributed by atoms with E-state index >= 15 is 0 Å². The molecule has 2 saturated heterocycles. The Morgan fingerprint density at radius 3 is 2.61 bits per heavy atom. The minimum atomic E-state index is -0.370. The topological polar surface area (TPSA) is 132 Å². The highest BCUT2D eigenvalue weighted by atomic mass is 16.5. The van der Waals surface area contributed by atoms with Crippen molar-refractivity contribution in [2.45, 2.75) is 18.9 Å². The molecule has 2 fully saturated rings. The zero-order valence-electron chi connectivity index (χ0n) is 22.7. The van der Waals surface area contributed by atoms with E-state index in [9.17, 15) is 9.59 Å². The van der Waals surface area contributed by atoms with Gasteiger partial charge in [0.05, 0.1) is 24.6 Å². The third-order valence-electron chi connectivity index (χ3n) is 7.55. The largest absolute Gasteiger partial charge is 0.457 e. The predicted octanol–water partition coefficient (Wildman–Crippen LogP) is 3.21. The maximum absolute atomic E-state index is 13.0. The number of benzene rings is 2. The van der Waals surface area contributed by atoms with Crippen LogP contribution in [0.15, 0.2) is 71.5 Å². The molecule has 2 aliphatic rings. The van der Waals surface area contributed by atoms with Gasteiger partial charge in [0.2, 0.25) is 5.91 Å². The number of rotatable bonds is 7. The van der Waals surface area contributed by atoms with Crippen LogP contribution in [-0.2, 0) is 9.53 Å². The molecule has 2 aliphatic heterocycles. The minimum absolute atomic E-state index is 0.0382. The molecule has 0 radical (unpaired) electrons. The summed E-state index contributed by atoms with van der Waals surface area (Å²) >= 11 is 0. The fourth-order valence-corrected chi connectivity index (χ4v) is 5.43. The fourth-order valence-electron chi connectivity index (χ4n) is 5.43. The molecule has 0 bridgehead atoms. The second-order valence-corrected chi connectivity index (χ2v) is 10.3. The number of nitrogens with one attached hydrogen (secondary N) is 1. The number of fused-ring (bicyclic) bond motifs is 1. The Balaban J connectivity index is 1.24. The van der Waals surface area contributed by atoms with Gasteiger partial charge in [-0.1, -0.05) is 24.3 Å². The van der Waals surface area contributed by atoms with E-state index in [-0.39, 0.29) is 23.3 Å². The van der Waals surface area contributed by atoms with Crippen molar-refractivity contribution in [3.05, 3.63) is 77.1 Å². The average molecular weight is 556 g/mol. The maximum atomic E-state index is 13.0. The number of carbonyl (C=O) groups excluding carboxylic acids is 1. The van der Waals surface area contributed by atoms with Crippen molar-refractivity contribution in [2.75, 3.05) is 51.7 Å². The lowest BCUT2D eigenvalue weighted by atomic mass is 10.1. The normalized spacial score (nSPS) is 18.2. The van der Waals surface area contributed by atoms with Gasteiger partial charge in [0.1, 0.15) is 22.7 Å². The van der Waals surface area contributed by atoms with E-state index in [1.165, 1.54) is 0 Å². The Kier molecular flexibility index (Phi) is 7.79. The second-order valence-electron chi connectivity index (χ2n) is 10.3. The Morgan fingerprint density at radius 2 is 1.83 bits per heavy atom. The Morgan fingerprint density at radius 1 is 1.07 bits per heavy atom. The Bertz CT molecular complexity index is 1590. The van der Waals surface area contributed by atoms with E-state index in [0.29, 0.717) is 35.4 Å². The highest BCUT2D eigenvalue weighted by Gasteiger charge is 2.29. The van der Waals surface area contributed by atoms with Crippen LogP contribution < -0.4 is 16.0 Å². The lowest BCUT2D eigenvalue weighted by Gasteiger charge is -2.32.